The highest BCUT2D eigenvalue weighted by Gasteiger charge is 2.16. The number of carbonyl (C=O) groups is 1. The SMILES string of the molecule is COC(=O)c1ccccc1N(C)CC(OC)OC. The van der Waals surface area contributed by atoms with Crippen molar-refractivity contribution in [2.45, 2.75) is 6.29 Å². The molecule has 0 saturated carbocycles. The van der Waals surface area contributed by atoms with Crippen LogP contribution in [-0.2, 0) is 14.2 Å². The molecule has 0 aliphatic carbocycles. The predicted molar refractivity (Wildman–Crippen MR) is 68.9 cm³/mol. The van der Waals surface area contributed by atoms with Gasteiger partial charge in [0.15, 0.2) is 6.29 Å². The van der Waals surface area contributed by atoms with Gasteiger partial charge < -0.3 is 19.1 Å². The minimum absolute atomic E-state index is 0.347. The molecule has 0 aliphatic rings. The lowest BCUT2D eigenvalue weighted by Gasteiger charge is -2.25. The summed E-state index contributed by atoms with van der Waals surface area (Å²) in [4.78, 5) is 13.5. The van der Waals surface area contributed by atoms with Gasteiger partial charge in [-0.2, -0.15) is 0 Å². The number of nitrogens with zero attached hydrogens (tertiary/aromatic N) is 1. The number of para-hydroxylation sites is 1. The van der Waals surface area contributed by atoms with Crippen LogP contribution in [0.2, 0.25) is 0 Å². The van der Waals surface area contributed by atoms with Crippen LogP contribution in [-0.4, -0.2) is 47.2 Å². The molecule has 0 aliphatic heterocycles. The van der Waals surface area contributed by atoms with Crippen LogP contribution in [0.4, 0.5) is 5.69 Å². The van der Waals surface area contributed by atoms with E-state index in [9.17, 15) is 4.79 Å². The zero-order valence-corrected chi connectivity index (χ0v) is 11.2. The highest BCUT2D eigenvalue weighted by atomic mass is 16.7. The van der Waals surface area contributed by atoms with Gasteiger partial charge in [0.05, 0.1) is 24.9 Å². The van der Waals surface area contributed by atoms with E-state index >= 15 is 0 Å². The van der Waals surface area contributed by atoms with Crippen molar-refractivity contribution < 1.29 is 19.0 Å². The average Bonchev–Trinajstić information content (AvgIpc) is 2.43. The van der Waals surface area contributed by atoms with Crippen molar-refractivity contribution in [2.75, 3.05) is 39.8 Å². The third kappa shape index (κ3) is 3.45. The minimum atomic E-state index is -0.358. The number of methoxy groups -OCH3 is 3. The lowest BCUT2D eigenvalue weighted by atomic mass is 10.1. The van der Waals surface area contributed by atoms with E-state index in [1.165, 1.54) is 7.11 Å². The molecule has 0 saturated heterocycles. The highest BCUT2D eigenvalue weighted by Crippen LogP contribution is 2.20. The summed E-state index contributed by atoms with van der Waals surface area (Å²) in [5.74, 6) is -0.358. The van der Waals surface area contributed by atoms with E-state index in [0.717, 1.165) is 5.69 Å². The molecular weight excluding hydrogens is 234 g/mol. The van der Waals surface area contributed by atoms with Crippen molar-refractivity contribution in [1.82, 2.24) is 0 Å². The van der Waals surface area contributed by atoms with E-state index in [1.54, 1.807) is 26.4 Å². The third-order valence-electron chi connectivity index (χ3n) is 2.67. The van der Waals surface area contributed by atoms with Crippen LogP contribution in [0.3, 0.4) is 0 Å². The highest BCUT2D eigenvalue weighted by molar-refractivity contribution is 5.95. The maximum Gasteiger partial charge on any atom is 0.339 e. The van der Waals surface area contributed by atoms with Gasteiger partial charge in [0, 0.05) is 21.3 Å². The number of carbonyl (C=O) groups excluding carboxylic acids is 1. The van der Waals surface area contributed by atoms with Crippen LogP contribution in [0, 0.1) is 0 Å². The van der Waals surface area contributed by atoms with Gasteiger partial charge in [-0.1, -0.05) is 12.1 Å². The second-order valence-corrected chi connectivity index (χ2v) is 3.79. The second-order valence-electron chi connectivity index (χ2n) is 3.79. The van der Waals surface area contributed by atoms with Gasteiger partial charge in [0.2, 0.25) is 0 Å². The van der Waals surface area contributed by atoms with Gasteiger partial charge in [-0.25, -0.2) is 4.79 Å². The largest absolute Gasteiger partial charge is 0.465 e. The molecule has 0 unspecified atom stereocenters. The van der Waals surface area contributed by atoms with Crippen LogP contribution in [0.1, 0.15) is 10.4 Å². The minimum Gasteiger partial charge on any atom is -0.465 e. The number of anilines is 1. The van der Waals surface area contributed by atoms with Crippen LogP contribution in [0.5, 0.6) is 0 Å². The lowest BCUT2D eigenvalue weighted by molar-refractivity contribution is -0.0944. The first-order valence-corrected chi connectivity index (χ1v) is 5.58. The third-order valence-corrected chi connectivity index (χ3v) is 2.67. The summed E-state index contributed by atoms with van der Waals surface area (Å²) in [5.41, 5.74) is 1.30. The lowest BCUT2D eigenvalue weighted by Crippen LogP contribution is -2.32. The van der Waals surface area contributed by atoms with Gasteiger partial charge >= 0.3 is 5.97 Å². The van der Waals surface area contributed by atoms with Crippen LogP contribution in [0.25, 0.3) is 0 Å². The molecule has 0 amide bonds. The molecule has 0 heterocycles. The molecule has 100 valence electrons. The Morgan fingerprint density at radius 3 is 2.39 bits per heavy atom. The van der Waals surface area contributed by atoms with E-state index in [4.69, 9.17) is 14.2 Å². The molecule has 0 atom stereocenters. The number of benzene rings is 1. The summed E-state index contributed by atoms with van der Waals surface area (Å²) in [6.45, 7) is 0.515. The number of ether oxygens (including phenoxy) is 3. The Morgan fingerprint density at radius 2 is 1.83 bits per heavy atom. The van der Waals surface area contributed by atoms with Crippen LogP contribution >= 0.6 is 0 Å². The number of rotatable bonds is 6. The second kappa shape index (κ2) is 6.98. The van der Waals surface area contributed by atoms with Crippen molar-refractivity contribution in [2.24, 2.45) is 0 Å². The van der Waals surface area contributed by atoms with Crippen molar-refractivity contribution >= 4 is 11.7 Å². The first-order chi connectivity index (χ1) is 8.63. The van der Waals surface area contributed by atoms with Crippen molar-refractivity contribution in [3.05, 3.63) is 29.8 Å². The molecule has 0 fully saturated rings. The molecule has 1 rings (SSSR count). The van der Waals surface area contributed by atoms with Crippen molar-refractivity contribution in [1.29, 1.82) is 0 Å². The topological polar surface area (TPSA) is 48.0 Å². The summed E-state index contributed by atoms with van der Waals surface area (Å²) in [6.07, 6.45) is -0.347. The molecule has 18 heavy (non-hydrogen) atoms. The van der Waals surface area contributed by atoms with E-state index in [2.05, 4.69) is 0 Å². The standard InChI is InChI=1S/C13H19NO4/c1-14(9-12(16-2)17-3)11-8-6-5-7-10(11)13(15)18-4/h5-8,12H,9H2,1-4H3. The predicted octanol–water partition coefficient (Wildman–Crippen LogP) is 1.53. The molecule has 5 nitrogen and oxygen atoms in total. The summed E-state index contributed by atoms with van der Waals surface area (Å²) < 4.78 is 15.0. The van der Waals surface area contributed by atoms with Crippen molar-refractivity contribution in [3.63, 3.8) is 0 Å². The molecule has 1 aromatic carbocycles. The number of likely N-dealkylation sites (N-methyl/N-ethyl adjacent to an activating group) is 1. The fraction of sp³-hybridized carbons (Fsp3) is 0.462. The molecule has 0 bridgehead atoms. The molecule has 5 heteroatoms. The van der Waals surface area contributed by atoms with Gasteiger partial charge in [0.1, 0.15) is 0 Å². The Balaban J connectivity index is 2.91. The average molecular weight is 253 g/mol. The Kier molecular flexibility index (Phi) is 5.61. The van der Waals surface area contributed by atoms with Crippen LogP contribution in [0.15, 0.2) is 24.3 Å². The van der Waals surface area contributed by atoms with E-state index in [1.807, 2.05) is 24.1 Å². The molecule has 0 spiro atoms. The maximum atomic E-state index is 11.7. The quantitative estimate of drug-likeness (QED) is 0.568. The Hall–Kier alpha value is -1.59. The van der Waals surface area contributed by atoms with E-state index in [0.29, 0.717) is 12.1 Å². The van der Waals surface area contributed by atoms with Gasteiger partial charge in [-0.05, 0) is 12.1 Å². The Labute approximate surface area is 107 Å². The van der Waals surface area contributed by atoms with Gasteiger partial charge in [-0.3, -0.25) is 0 Å². The summed E-state index contributed by atoms with van der Waals surface area (Å²) in [5, 5.41) is 0. The molecule has 0 aromatic heterocycles. The Bertz CT molecular complexity index is 390. The number of esters is 1. The summed E-state index contributed by atoms with van der Waals surface area (Å²) in [7, 11) is 6.39. The molecule has 0 N–H and O–H groups in total. The van der Waals surface area contributed by atoms with Gasteiger partial charge in [-0.15, -0.1) is 0 Å². The molecular formula is C13H19NO4. The molecule has 0 radical (unpaired) electrons. The first kappa shape index (κ1) is 14.5. The Morgan fingerprint density at radius 1 is 1.22 bits per heavy atom. The van der Waals surface area contributed by atoms with Gasteiger partial charge in [0.25, 0.3) is 0 Å². The summed E-state index contributed by atoms with van der Waals surface area (Å²) >= 11 is 0. The zero-order chi connectivity index (χ0) is 13.5. The summed E-state index contributed by atoms with van der Waals surface area (Å²) in [6, 6.07) is 7.25. The van der Waals surface area contributed by atoms with Crippen molar-refractivity contribution in [3.8, 4) is 0 Å². The fourth-order valence-electron chi connectivity index (χ4n) is 1.66. The maximum absolute atomic E-state index is 11.7. The van der Waals surface area contributed by atoms with E-state index in [-0.39, 0.29) is 12.3 Å². The monoisotopic (exact) mass is 253 g/mol. The zero-order valence-electron chi connectivity index (χ0n) is 11.2. The normalized spacial score (nSPS) is 10.5. The molecule has 1 aromatic rings. The fourth-order valence-corrected chi connectivity index (χ4v) is 1.66. The van der Waals surface area contributed by atoms with Crippen LogP contribution < -0.4 is 4.90 Å². The number of hydrogen-bond acceptors (Lipinski definition) is 5. The first-order valence-electron chi connectivity index (χ1n) is 5.58. The number of hydrogen-bond donors (Lipinski definition) is 0. The van der Waals surface area contributed by atoms with E-state index < -0.39 is 0 Å². The smallest absolute Gasteiger partial charge is 0.339 e.